The van der Waals surface area contributed by atoms with Crippen LogP contribution in [0.25, 0.3) is 0 Å². The van der Waals surface area contributed by atoms with Gasteiger partial charge >= 0.3 is 0 Å². The number of amides is 2. The van der Waals surface area contributed by atoms with Gasteiger partial charge in [0.2, 0.25) is 11.8 Å². The molecule has 0 bridgehead atoms. The highest BCUT2D eigenvalue weighted by Crippen LogP contribution is 2.35. The Kier molecular flexibility index (Phi) is 4.57. The lowest BCUT2D eigenvalue weighted by atomic mass is 10.1. The SMILES string of the molecule is Cc1cc(C)c(N2CC(C(=O)NC(C)C)CC2=O)c(Cl)c1. The van der Waals surface area contributed by atoms with Gasteiger partial charge in [-0.3, -0.25) is 9.59 Å². The number of hydrogen-bond donors (Lipinski definition) is 1. The fourth-order valence-electron chi connectivity index (χ4n) is 2.75. The molecule has 1 N–H and O–H groups in total. The number of carbonyl (C=O) groups excluding carboxylic acids is 2. The van der Waals surface area contributed by atoms with Gasteiger partial charge in [-0.05, 0) is 44.9 Å². The monoisotopic (exact) mass is 308 g/mol. The van der Waals surface area contributed by atoms with E-state index >= 15 is 0 Å². The Morgan fingerprint density at radius 2 is 2.05 bits per heavy atom. The van der Waals surface area contributed by atoms with E-state index in [4.69, 9.17) is 11.6 Å². The molecule has 2 amide bonds. The molecule has 0 aliphatic carbocycles. The lowest BCUT2D eigenvalue weighted by Crippen LogP contribution is -2.37. The third-order valence-electron chi connectivity index (χ3n) is 3.59. The van der Waals surface area contributed by atoms with Crippen molar-refractivity contribution in [1.82, 2.24) is 5.32 Å². The van der Waals surface area contributed by atoms with E-state index in [1.807, 2.05) is 39.8 Å². The van der Waals surface area contributed by atoms with Crippen LogP contribution in [0.15, 0.2) is 12.1 Å². The molecule has 0 aromatic heterocycles. The van der Waals surface area contributed by atoms with E-state index in [1.165, 1.54) is 0 Å². The van der Waals surface area contributed by atoms with Crippen molar-refractivity contribution in [3.8, 4) is 0 Å². The van der Waals surface area contributed by atoms with Crippen LogP contribution in [-0.4, -0.2) is 24.4 Å². The Labute approximate surface area is 130 Å². The summed E-state index contributed by atoms with van der Waals surface area (Å²) in [4.78, 5) is 26.0. The second-order valence-corrected chi connectivity index (χ2v) is 6.39. The highest BCUT2D eigenvalue weighted by molar-refractivity contribution is 6.34. The Morgan fingerprint density at radius 1 is 1.38 bits per heavy atom. The number of rotatable bonds is 3. The topological polar surface area (TPSA) is 49.4 Å². The first-order chi connectivity index (χ1) is 9.79. The third kappa shape index (κ3) is 3.38. The number of nitrogens with one attached hydrogen (secondary N) is 1. The zero-order chi connectivity index (χ0) is 15.7. The summed E-state index contributed by atoms with van der Waals surface area (Å²) in [6.07, 6.45) is 0.238. The van der Waals surface area contributed by atoms with Crippen LogP contribution in [-0.2, 0) is 9.59 Å². The summed E-state index contributed by atoms with van der Waals surface area (Å²) < 4.78 is 0. The third-order valence-corrected chi connectivity index (χ3v) is 3.88. The normalized spacial score (nSPS) is 18.5. The maximum atomic E-state index is 12.3. The van der Waals surface area contributed by atoms with Crippen LogP contribution in [0.1, 0.15) is 31.4 Å². The van der Waals surface area contributed by atoms with Gasteiger partial charge in [-0.25, -0.2) is 0 Å². The van der Waals surface area contributed by atoms with Gasteiger partial charge < -0.3 is 10.2 Å². The molecular formula is C16H21ClN2O2. The first-order valence-electron chi connectivity index (χ1n) is 7.17. The largest absolute Gasteiger partial charge is 0.354 e. The molecule has 5 heteroatoms. The average molecular weight is 309 g/mol. The summed E-state index contributed by atoms with van der Waals surface area (Å²) in [6.45, 7) is 8.11. The molecule has 1 heterocycles. The molecule has 1 unspecified atom stereocenters. The molecular weight excluding hydrogens is 288 g/mol. The summed E-state index contributed by atoms with van der Waals surface area (Å²) >= 11 is 6.30. The molecule has 0 radical (unpaired) electrons. The second-order valence-electron chi connectivity index (χ2n) is 5.98. The molecule has 2 rings (SSSR count). The van der Waals surface area contributed by atoms with Crippen molar-refractivity contribution in [2.45, 2.75) is 40.2 Å². The Morgan fingerprint density at radius 3 is 2.62 bits per heavy atom. The summed E-state index contributed by atoms with van der Waals surface area (Å²) in [7, 11) is 0. The summed E-state index contributed by atoms with van der Waals surface area (Å²) in [6, 6.07) is 3.92. The average Bonchev–Trinajstić information content (AvgIpc) is 2.69. The molecule has 0 saturated carbocycles. The standard InChI is InChI=1S/C16H21ClN2O2/c1-9(2)18-16(21)12-7-14(20)19(8-12)15-11(4)5-10(3)6-13(15)17/h5-6,9,12H,7-8H2,1-4H3,(H,18,21). The fraction of sp³-hybridized carbons (Fsp3) is 0.500. The minimum Gasteiger partial charge on any atom is -0.354 e. The van der Waals surface area contributed by atoms with Gasteiger partial charge in [-0.1, -0.05) is 17.7 Å². The number of carbonyl (C=O) groups is 2. The number of anilines is 1. The van der Waals surface area contributed by atoms with Gasteiger partial charge in [0.05, 0.1) is 16.6 Å². The highest BCUT2D eigenvalue weighted by atomic mass is 35.5. The molecule has 114 valence electrons. The van der Waals surface area contributed by atoms with Gasteiger partial charge in [-0.2, -0.15) is 0 Å². The van der Waals surface area contributed by atoms with Crippen molar-refractivity contribution in [2.75, 3.05) is 11.4 Å². The first-order valence-corrected chi connectivity index (χ1v) is 7.55. The lowest BCUT2D eigenvalue weighted by molar-refractivity contribution is -0.126. The number of halogens is 1. The van der Waals surface area contributed by atoms with Crippen LogP contribution in [0, 0.1) is 19.8 Å². The molecule has 1 saturated heterocycles. The van der Waals surface area contributed by atoms with Gasteiger partial charge in [0.25, 0.3) is 0 Å². The number of hydrogen-bond acceptors (Lipinski definition) is 2. The van der Waals surface area contributed by atoms with Gasteiger partial charge in [-0.15, -0.1) is 0 Å². The predicted octanol–water partition coefficient (Wildman–Crippen LogP) is 2.83. The Hall–Kier alpha value is -1.55. The molecule has 1 fully saturated rings. The zero-order valence-corrected chi connectivity index (χ0v) is 13.6. The minimum atomic E-state index is -0.309. The van der Waals surface area contributed by atoms with E-state index in [9.17, 15) is 9.59 Å². The predicted molar refractivity (Wildman–Crippen MR) is 84.7 cm³/mol. The van der Waals surface area contributed by atoms with Crippen molar-refractivity contribution < 1.29 is 9.59 Å². The van der Waals surface area contributed by atoms with E-state index in [0.717, 1.165) is 16.8 Å². The minimum absolute atomic E-state index is 0.0484. The van der Waals surface area contributed by atoms with Crippen LogP contribution >= 0.6 is 11.6 Å². The fourth-order valence-corrected chi connectivity index (χ4v) is 3.17. The van der Waals surface area contributed by atoms with Crippen LogP contribution < -0.4 is 10.2 Å². The van der Waals surface area contributed by atoms with Crippen molar-refractivity contribution in [3.63, 3.8) is 0 Å². The van der Waals surface area contributed by atoms with Crippen molar-refractivity contribution >= 4 is 29.1 Å². The summed E-state index contributed by atoms with van der Waals surface area (Å²) in [5, 5.41) is 3.43. The molecule has 21 heavy (non-hydrogen) atoms. The lowest BCUT2D eigenvalue weighted by Gasteiger charge is -2.21. The van der Waals surface area contributed by atoms with E-state index in [2.05, 4.69) is 5.32 Å². The molecule has 1 aromatic carbocycles. The maximum Gasteiger partial charge on any atom is 0.227 e. The molecule has 1 aliphatic heterocycles. The summed E-state index contributed by atoms with van der Waals surface area (Å²) in [5.41, 5.74) is 2.74. The quantitative estimate of drug-likeness (QED) is 0.933. The van der Waals surface area contributed by atoms with Gasteiger partial charge in [0.1, 0.15) is 0 Å². The van der Waals surface area contributed by atoms with Crippen molar-refractivity contribution in [1.29, 1.82) is 0 Å². The van der Waals surface area contributed by atoms with Gasteiger partial charge in [0, 0.05) is 19.0 Å². The molecule has 1 aliphatic rings. The number of aryl methyl sites for hydroxylation is 2. The van der Waals surface area contributed by atoms with E-state index < -0.39 is 0 Å². The maximum absolute atomic E-state index is 12.3. The zero-order valence-electron chi connectivity index (χ0n) is 12.9. The molecule has 0 spiro atoms. The molecule has 4 nitrogen and oxygen atoms in total. The van der Waals surface area contributed by atoms with Crippen LogP contribution in [0.4, 0.5) is 5.69 Å². The highest BCUT2D eigenvalue weighted by Gasteiger charge is 2.36. The first kappa shape index (κ1) is 15.8. The molecule has 1 aromatic rings. The Bertz CT molecular complexity index is 561. The van der Waals surface area contributed by atoms with E-state index in [-0.39, 0.29) is 30.2 Å². The summed E-state index contributed by atoms with van der Waals surface area (Å²) in [5.74, 6) is -0.425. The number of benzene rings is 1. The van der Waals surface area contributed by atoms with Crippen LogP contribution in [0.3, 0.4) is 0 Å². The van der Waals surface area contributed by atoms with Crippen molar-refractivity contribution in [3.05, 3.63) is 28.3 Å². The van der Waals surface area contributed by atoms with E-state index in [0.29, 0.717) is 11.6 Å². The number of nitrogens with zero attached hydrogens (tertiary/aromatic N) is 1. The van der Waals surface area contributed by atoms with Crippen LogP contribution in [0.5, 0.6) is 0 Å². The van der Waals surface area contributed by atoms with Crippen molar-refractivity contribution in [2.24, 2.45) is 5.92 Å². The van der Waals surface area contributed by atoms with Gasteiger partial charge in [0.15, 0.2) is 0 Å². The smallest absolute Gasteiger partial charge is 0.227 e. The molecule has 1 atom stereocenters. The second kappa shape index (κ2) is 6.06. The Balaban J connectivity index is 2.23. The van der Waals surface area contributed by atoms with Crippen LogP contribution in [0.2, 0.25) is 5.02 Å². The van der Waals surface area contributed by atoms with E-state index in [1.54, 1.807) is 4.90 Å².